The summed E-state index contributed by atoms with van der Waals surface area (Å²) in [6.07, 6.45) is 2.11. The molecule has 1 saturated heterocycles. The van der Waals surface area contributed by atoms with Gasteiger partial charge in [-0.25, -0.2) is 0 Å². The second-order valence-electron chi connectivity index (χ2n) is 3.67. The first kappa shape index (κ1) is 10.1. The van der Waals surface area contributed by atoms with Crippen molar-refractivity contribution in [2.24, 2.45) is 16.7 Å². The van der Waals surface area contributed by atoms with Crippen molar-refractivity contribution in [3.8, 4) is 0 Å². The fourth-order valence-electron chi connectivity index (χ4n) is 1.65. The second-order valence-corrected chi connectivity index (χ2v) is 3.67. The van der Waals surface area contributed by atoms with Crippen molar-refractivity contribution in [2.45, 2.75) is 25.4 Å². The minimum Gasteiger partial charge on any atom is -0.377 e. The lowest BCUT2D eigenvalue weighted by Gasteiger charge is -2.39. The Balaban J connectivity index is 2.61. The summed E-state index contributed by atoms with van der Waals surface area (Å²) in [6, 6.07) is 0. The molecule has 1 heterocycles. The Bertz CT molecular complexity index is 206. The van der Waals surface area contributed by atoms with Crippen LogP contribution in [0.15, 0.2) is 5.10 Å². The van der Waals surface area contributed by atoms with Gasteiger partial charge in [-0.1, -0.05) is 0 Å². The number of hydrogen-bond acceptors (Lipinski definition) is 3. The van der Waals surface area contributed by atoms with Gasteiger partial charge in [-0.3, -0.25) is 0 Å². The number of nitrogens with two attached hydrogens (primary N) is 2. The lowest BCUT2D eigenvalue weighted by molar-refractivity contribution is -0.0351. The predicted octanol–water partition coefficient (Wildman–Crippen LogP) is -0.324. The van der Waals surface area contributed by atoms with Crippen LogP contribution in [0.5, 0.6) is 0 Å². The number of guanidine groups is 1. The molecule has 1 unspecified atom stereocenters. The maximum Gasteiger partial charge on any atom is 0.213 e. The number of likely N-dealkylation sites (tertiary alicyclic amines) is 1. The van der Waals surface area contributed by atoms with Crippen molar-refractivity contribution < 1.29 is 4.74 Å². The van der Waals surface area contributed by atoms with E-state index < -0.39 is 0 Å². The minimum absolute atomic E-state index is 0.118. The van der Waals surface area contributed by atoms with Crippen molar-refractivity contribution in [1.29, 1.82) is 0 Å². The standard InChI is InChI=1S/C8H18N4O/c1-8(13-2)4-3-5-12(6-8)7(9)11-10/h3-6,10H2,1-2H3,(H2,9,11). The third-order valence-electron chi connectivity index (χ3n) is 2.61. The van der Waals surface area contributed by atoms with Crippen LogP contribution in [0.3, 0.4) is 0 Å². The van der Waals surface area contributed by atoms with E-state index in [4.69, 9.17) is 16.3 Å². The topological polar surface area (TPSA) is 76.9 Å². The Hall–Kier alpha value is -0.970. The molecule has 1 fully saturated rings. The van der Waals surface area contributed by atoms with Crippen molar-refractivity contribution in [2.75, 3.05) is 20.2 Å². The van der Waals surface area contributed by atoms with Gasteiger partial charge in [0.25, 0.3) is 0 Å². The summed E-state index contributed by atoms with van der Waals surface area (Å²) in [5.41, 5.74) is 5.50. The summed E-state index contributed by atoms with van der Waals surface area (Å²) < 4.78 is 5.41. The SMILES string of the molecule is COC1(C)CCCN(/C(N)=N/N)C1. The molecule has 76 valence electrons. The van der Waals surface area contributed by atoms with Crippen LogP contribution in [0.1, 0.15) is 19.8 Å². The summed E-state index contributed by atoms with van der Waals surface area (Å²) in [5.74, 6) is 5.51. The molecule has 1 rings (SSSR count). The molecule has 1 aliphatic heterocycles. The van der Waals surface area contributed by atoms with Crippen molar-refractivity contribution in [3.05, 3.63) is 0 Å². The molecule has 0 amide bonds. The van der Waals surface area contributed by atoms with E-state index in [9.17, 15) is 0 Å². The first-order valence-electron chi connectivity index (χ1n) is 4.45. The molecule has 1 atom stereocenters. The van der Waals surface area contributed by atoms with E-state index in [1.807, 2.05) is 4.90 Å². The quantitative estimate of drug-likeness (QED) is 0.254. The van der Waals surface area contributed by atoms with E-state index in [0.29, 0.717) is 5.96 Å². The number of nitrogens with zero attached hydrogens (tertiary/aromatic N) is 2. The third-order valence-corrected chi connectivity index (χ3v) is 2.61. The molecular weight excluding hydrogens is 168 g/mol. The summed E-state index contributed by atoms with van der Waals surface area (Å²) in [6.45, 7) is 3.74. The van der Waals surface area contributed by atoms with E-state index in [1.165, 1.54) is 0 Å². The number of hydrogen-bond donors (Lipinski definition) is 2. The van der Waals surface area contributed by atoms with E-state index in [1.54, 1.807) is 7.11 Å². The van der Waals surface area contributed by atoms with Crippen molar-refractivity contribution >= 4 is 5.96 Å². The molecule has 4 N–H and O–H groups in total. The van der Waals surface area contributed by atoms with E-state index >= 15 is 0 Å². The Labute approximate surface area is 78.7 Å². The van der Waals surface area contributed by atoms with E-state index in [2.05, 4.69) is 12.0 Å². The minimum atomic E-state index is -0.118. The average Bonchev–Trinajstić information content (AvgIpc) is 2.17. The van der Waals surface area contributed by atoms with Crippen LogP contribution >= 0.6 is 0 Å². The van der Waals surface area contributed by atoms with Gasteiger partial charge in [0.2, 0.25) is 5.96 Å². The monoisotopic (exact) mass is 186 g/mol. The molecule has 0 aliphatic carbocycles. The van der Waals surface area contributed by atoms with Crippen LogP contribution in [0.4, 0.5) is 0 Å². The predicted molar refractivity (Wildman–Crippen MR) is 52.0 cm³/mol. The Morgan fingerprint density at radius 3 is 2.85 bits per heavy atom. The van der Waals surface area contributed by atoms with Gasteiger partial charge in [0.15, 0.2) is 0 Å². The van der Waals surface area contributed by atoms with Gasteiger partial charge in [0.05, 0.1) is 5.60 Å². The highest BCUT2D eigenvalue weighted by molar-refractivity contribution is 5.77. The van der Waals surface area contributed by atoms with Crippen LogP contribution in [0, 0.1) is 0 Å². The normalized spacial score (nSPS) is 30.6. The van der Waals surface area contributed by atoms with Gasteiger partial charge in [0, 0.05) is 20.2 Å². The highest BCUT2D eigenvalue weighted by atomic mass is 16.5. The highest BCUT2D eigenvalue weighted by Crippen LogP contribution is 2.23. The van der Waals surface area contributed by atoms with Gasteiger partial charge < -0.3 is 21.2 Å². The molecule has 5 nitrogen and oxygen atoms in total. The molecule has 0 spiro atoms. The second kappa shape index (κ2) is 3.83. The van der Waals surface area contributed by atoms with Crippen LogP contribution in [-0.4, -0.2) is 36.7 Å². The molecule has 0 saturated carbocycles. The number of piperidine rings is 1. The molecule has 0 radical (unpaired) electrons. The van der Waals surface area contributed by atoms with Gasteiger partial charge in [-0.2, -0.15) is 0 Å². The summed E-state index contributed by atoms with van der Waals surface area (Å²) in [7, 11) is 1.72. The number of rotatable bonds is 1. The van der Waals surface area contributed by atoms with Crippen LogP contribution in [0.2, 0.25) is 0 Å². The number of ether oxygens (including phenoxy) is 1. The summed E-state index contributed by atoms with van der Waals surface area (Å²) in [4.78, 5) is 1.95. The third kappa shape index (κ3) is 2.24. The molecule has 0 aromatic carbocycles. The molecule has 5 heteroatoms. The zero-order valence-corrected chi connectivity index (χ0v) is 8.29. The summed E-state index contributed by atoms with van der Waals surface area (Å²) >= 11 is 0. The molecule has 0 bridgehead atoms. The van der Waals surface area contributed by atoms with Gasteiger partial charge in [0.1, 0.15) is 0 Å². The Kier molecular flexibility index (Phi) is 2.98. The average molecular weight is 186 g/mol. The zero-order valence-electron chi connectivity index (χ0n) is 8.29. The van der Waals surface area contributed by atoms with E-state index in [0.717, 1.165) is 25.9 Å². The number of hydrazone groups is 1. The molecular formula is C8H18N4O. The molecule has 1 aliphatic rings. The fourth-order valence-corrected chi connectivity index (χ4v) is 1.65. The largest absolute Gasteiger partial charge is 0.377 e. The number of methoxy groups -OCH3 is 1. The smallest absolute Gasteiger partial charge is 0.213 e. The van der Waals surface area contributed by atoms with Crippen molar-refractivity contribution in [1.82, 2.24) is 4.90 Å². The highest BCUT2D eigenvalue weighted by Gasteiger charge is 2.31. The summed E-state index contributed by atoms with van der Waals surface area (Å²) in [5, 5.41) is 3.48. The first-order chi connectivity index (χ1) is 6.11. The maximum absolute atomic E-state index is 5.62. The van der Waals surface area contributed by atoms with Crippen LogP contribution in [0.25, 0.3) is 0 Å². The zero-order chi connectivity index (χ0) is 9.90. The first-order valence-corrected chi connectivity index (χ1v) is 4.45. The molecule has 0 aromatic rings. The van der Waals surface area contributed by atoms with Gasteiger partial charge in [-0.05, 0) is 19.8 Å². The lowest BCUT2D eigenvalue weighted by Crippen LogP contribution is -2.52. The lowest BCUT2D eigenvalue weighted by atomic mass is 9.95. The molecule has 13 heavy (non-hydrogen) atoms. The van der Waals surface area contributed by atoms with Gasteiger partial charge >= 0.3 is 0 Å². The van der Waals surface area contributed by atoms with Crippen LogP contribution in [-0.2, 0) is 4.74 Å². The Morgan fingerprint density at radius 1 is 1.62 bits per heavy atom. The van der Waals surface area contributed by atoms with Gasteiger partial charge in [-0.15, -0.1) is 5.10 Å². The van der Waals surface area contributed by atoms with Crippen LogP contribution < -0.4 is 11.6 Å². The Morgan fingerprint density at radius 2 is 2.31 bits per heavy atom. The molecule has 0 aromatic heterocycles. The van der Waals surface area contributed by atoms with Crippen molar-refractivity contribution in [3.63, 3.8) is 0 Å². The fraction of sp³-hybridized carbons (Fsp3) is 0.875. The maximum atomic E-state index is 5.62. The van der Waals surface area contributed by atoms with E-state index in [-0.39, 0.29) is 5.60 Å².